The fourth-order valence-corrected chi connectivity index (χ4v) is 3.81. The molecule has 3 aromatic rings. The number of benzene rings is 2. The van der Waals surface area contributed by atoms with Gasteiger partial charge < -0.3 is 5.32 Å². The number of Topliss-reactive ketones (excluding diaryl/α,β-unsaturated/α-hetero) is 1. The third kappa shape index (κ3) is 4.74. The van der Waals surface area contributed by atoms with E-state index in [1.54, 1.807) is 41.0 Å². The number of anilines is 1. The van der Waals surface area contributed by atoms with Crippen LogP contribution in [0.3, 0.4) is 0 Å². The SMILES string of the molecule is CC[C@H](C)n1c(SCC(=O)Nc2ccc(C(C)=O)cc2)nc2ccccc2c1=O. The van der Waals surface area contributed by atoms with E-state index in [9.17, 15) is 14.4 Å². The van der Waals surface area contributed by atoms with Gasteiger partial charge in [-0.05, 0) is 56.7 Å². The van der Waals surface area contributed by atoms with E-state index in [-0.39, 0.29) is 29.0 Å². The van der Waals surface area contributed by atoms with Crippen molar-refractivity contribution >= 4 is 40.0 Å². The number of carbonyl (C=O) groups excluding carboxylic acids is 2. The first-order valence-electron chi connectivity index (χ1n) is 9.45. The quantitative estimate of drug-likeness (QED) is 0.357. The Morgan fingerprint density at radius 1 is 1.14 bits per heavy atom. The normalized spacial score (nSPS) is 12.0. The molecule has 0 saturated heterocycles. The fourth-order valence-electron chi connectivity index (χ4n) is 2.91. The van der Waals surface area contributed by atoms with E-state index in [0.717, 1.165) is 6.42 Å². The highest BCUT2D eigenvalue weighted by molar-refractivity contribution is 7.99. The second kappa shape index (κ2) is 9.05. The van der Waals surface area contributed by atoms with Crippen LogP contribution in [0.2, 0.25) is 0 Å². The van der Waals surface area contributed by atoms with Gasteiger partial charge in [0.2, 0.25) is 5.91 Å². The van der Waals surface area contributed by atoms with Crippen molar-refractivity contribution in [1.29, 1.82) is 0 Å². The highest BCUT2D eigenvalue weighted by Crippen LogP contribution is 2.22. The van der Waals surface area contributed by atoms with Gasteiger partial charge in [-0.3, -0.25) is 19.0 Å². The van der Waals surface area contributed by atoms with E-state index in [2.05, 4.69) is 10.3 Å². The summed E-state index contributed by atoms with van der Waals surface area (Å²) < 4.78 is 1.67. The average Bonchev–Trinajstić information content (AvgIpc) is 2.72. The van der Waals surface area contributed by atoms with Crippen molar-refractivity contribution in [2.24, 2.45) is 0 Å². The maximum absolute atomic E-state index is 13.0. The average molecular weight is 410 g/mol. The molecule has 0 fully saturated rings. The number of carbonyl (C=O) groups is 2. The minimum Gasteiger partial charge on any atom is -0.325 e. The van der Waals surface area contributed by atoms with E-state index in [4.69, 9.17) is 0 Å². The highest BCUT2D eigenvalue weighted by atomic mass is 32.2. The molecular formula is C22H23N3O3S. The summed E-state index contributed by atoms with van der Waals surface area (Å²) >= 11 is 1.24. The number of hydrogen-bond acceptors (Lipinski definition) is 5. The topological polar surface area (TPSA) is 81.1 Å². The number of para-hydroxylation sites is 1. The van der Waals surface area contributed by atoms with Crippen molar-refractivity contribution in [2.45, 2.75) is 38.4 Å². The first-order chi connectivity index (χ1) is 13.9. The number of thioether (sulfide) groups is 1. The molecule has 0 aliphatic carbocycles. The molecule has 0 radical (unpaired) electrons. The van der Waals surface area contributed by atoms with Crippen LogP contribution in [0.1, 0.15) is 43.6 Å². The summed E-state index contributed by atoms with van der Waals surface area (Å²) in [6.07, 6.45) is 0.780. The van der Waals surface area contributed by atoms with E-state index >= 15 is 0 Å². The van der Waals surface area contributed by atoms with E-state index < -0.39 is 0 Å². The standard InChI is InChI=1S/C22H23N3O3S/c1-4-14(2)25-21(28)18-7-5-6-8-19(18)24-22(25)29-13-20(27)23-17-11-9-16(10-12-17)15(3)26/h5-12,14H,4,13H2,1-3H3,(H,23,27)/t14-/m0/s1. The van der Waals surface area contributed by atoms with Crippen molar-refractivity contribution in [1.82, 2.24) is 9.55 Å². The molecule has 7 heteroatoms. The number of hydrogen-bond donors (Lipinski definition) is 1. The number of amides is 1. The van der Waals surface area contributed by atoms with Crippen molar-refractivity contribution in [3.8, 4) is 0 Å². The zero-order valence-electron chi connectivity index (χ0n) is 16.6. The van der Waals surface area contributed by atoms with Gasteiger partial charge in [-0.25, -0.2) is 4.98 Å². The van der Waals surface area contributed by atoms with Gasteiger partial charge in [0, 0.05) is 17.3 Å². The molecule has 0 unspecified atom stereocenters. The molecule has 1 atom stereocenters. The van der Waals surface area contributed by atoms with Crippen molar-refractivity contribution in [3.05, 3.63) is 64.4 Å². The van der Waals surface area contributed by atoms with Crippen LogP contribution in [0.25, 0.3) is 10.9 Å². The number of nitrogens with zero attached hydrogens (tertiary/aromatic N) is 2. The largest absolute Gasteiger partial charge is 0.325 e. The molecule has 3 rings (SSSR count). The minimum atomic E-state index is -0.205. The third-order valence-electron chi connectivity index (χ3n) is 4.71. The van der Waals surface area contributed by atoms with Gasteiger partial charge in [-0.1, -0.05) is 30.8 Å². The molecule has 1 N–H and O–H groups in total. The number of rotatable bonds is 7. The molecule has 0 spiro atoms. The highest BCUT2D eigenvalue weighted by Gasteiger charge is 2.16. The zero-order chi connectivity index (χ0) is 21.0. The first-order valence-corrected chi connectivity index (χ1v) is 10.4. The lowest BCUT2D eigenvalue weighted by Gasteiger charge is -2.18. The Hall–Kier alpha value is -2.93. The summed E-state index contributed by atoms with van der Waals surface area (Å²) in [5.74, 6) is -0.108. The second-order valence-corrected chi connectivity index (χ2v) is 7.76. The van der Waals surface area contributed by atoms with Gasteiger partial charge in [-0.2, -0.15) is 0 Å². The van der Waals surface area contributed by atoms with E-state index in [1.807, 2.05) is 26.0 Å². The first kappa shape index (κ1) is 20.8. The van der Waals surface area contributed by atoms with Crippen molar-refractivity contribution < 1.29 is 9.59 Å². The Kier molecular flexibility index (Phi) is 6.49. The lowest BCUT2D eigenvalue weighted by atomic mass is 10.1. The Morgan fingerprint density at radius 3 is 2.48 bits per heavy atom. The predicted octanol–water partition coefficient (Wildman–Crippen LogP) is 4.30. The maximum Gasteiger partial charge on any atom is 0.262 e. The van der Waals surface area contributed by atoms with E-state index in [1.165, 1.54) is 18.7 Å². The van der Waals surface area contributed by atoms with Gasteiger partial charge in [0.05, 0.1) is 16.7 Å². The summed E-state index contributed by atoms with van der Waals surface area (Å²) in [6.45, 7) is 5.48. The Labute approximate surface area is 173 Å². The third-order valence-corrected chi connectivity index (χ3v) is 5.67. The molecule has 1 amide bonds. The monoisotopic (exact) mass is 409 g/mol. The molecule has 0 saturated carbocycles. The molecule has 2 aromatic carbocycles. The van der Waals surface area contributed by atoms with Gasteiger partial charge in [0.25, 0.3) is 5.56 Å². The molecule has 150 valence electrons. The summed E-state index contributed by atoms with van der Waals surface area (Å²) in [7, 11) is 0. The fraction of sp³-hybridized carbons (Fsp3) is 0.273. The van der Waals surface area contributed by atoms with E-state index in [0.29, 0.717) is 27.3 Å². The molecule has 0 bridgehead atoms. The van der Waals surface area contributed by atoms with Crippen LogP contribution in [0.5, 0.6) is 0 Å². The van der Waals surface area contributed by atoms with Gasteiger partial charge in [0.1, 0.15) is 0 Å². The molecule has 29 heavy (non-hydrogen) atoms. The van der Waals surface area contributed by atoms with Gasteiger partial charge in [-0.15, -0.1) is 0 Å². The van der Waals surface area contributed by atoms with Crippen LogP contribution in [-0.2, 0) is 4.79 Å². The number of nitrogens with one attached hydrogen (secondary N) is 1. The summed E-state index contributed by atoms with van der Waals surface area (Å²) in [5, 5.41) is 3.92. The molecule has 6 nitrogen and oxygen atoms in total. The van der Waals surface area contributed by atoms with Crippen LogP contribution < -0.4 is 10.9 Å². The second-order valence-electron chi connectivity index (χ2n) is 6.81. The van der Waals surface area contributed by atoms with Crippen LogP contribution in [-0.4, -0.2) is 27.0 Å². The smallest absolute Gasteiger partial charge is 0.262 e. The Balaban J connectivity index is 1.79. The molecular weight excluding hydrogens is 386 g/mol. The van der Waals surface area contributed by atoms with Crippen LogP contribution in [0.4, 0.5) is 5.69 Å². The predicted molar refractivity (Wildman–Crippen MR) is 117 cm³/mol. The van der Waals surface area contributed by atoms with Crippen LogP contribution in [0.15, 0.2) is 58.5 Å². The number of fused-ring (bicyclic) bond motifs is 1. The Morgan fingerprint density at radius 2 is 1.83 bits per heavy atom. The molecule has 0 aliphatic rings. The summed E-state index contributed by atoms with van der Waals surface area (Å²) in [6, 6.07) is 14.0. The zero-order valence-corrected chi connectivity index (χ0v) is 17.5. The van der Waals surface area contributed by atoms with Gasteiger partial charge in [0.15, 0.2) is 10.9 Å². The van der Waals surface area contributed by atoms with Crippen molar-refractivity contribution in [2.75, 3.05) is 11.1 Å². The molecule has 1 heterocycles. The number of ketones is 1. The Bertz CT molecular complexity index is 1110. The summed E-state index contributed by atoms with van der Waals surface area (Å²) in [4.78, 5) is 41.3. The molecule has 0 aliphatic heterocycles. The maximum atomic E-state index is 13.0. The van der Waals surface area contributed by atoms with Crippen LogP contribution >= 0.6 is 11.8 Å². The lowest BCUT2D eigenvalue weighted by molar-refractivity contribution is -0.113. The summed E-state index contributed by atoms with van der Waals surface area (Å²) in [5.41, 5.74) is 1.74. The lowest BCUT2D eigenvalue weighted by Crippen LogP contribution is -2.26. The van der Waals surface area contributed by atoms with Crippen molar-refractivity contribution in [3.63, 3.8) is 0 Å². The number of aromatic nitrogens is 2. The minimum absolute atomic E-state index is 0.0238. The molecule has 1 aromatic heterocycles. The van der Waals surface area contributed by atoms with Gasteiger partial charge >= 0.3 is 0 Å². The van der Waals surface area contributed by atoms with Crippen LogP contribution in [0, 0.1) is 0 Å².